The van der Waals surface area contributed by atoms with E-state index in [1.54, 1.807) is 12.4 Å². The number of hydrogen-bond donors (Lipinski definition) is 0. The normalized spacial score (nSPS) is 8.00. The second-order valence-corrected chi connectivity index (χ2v) is 2.51. The molecule has 0 atom stereocenters. The molecule has 1 aromatic carbocycles. The third-order valence-corrected chi connectivity index (χ3v) is 1.36. The Bertz CT molecular complexity index is 308. The van der Waals surface area contributed by atoms with E-state index in [2.05, 4.69) is 18.8 Å². The smallest absolute Gasteiger partial charge is 0.180 e. The highest BCUT2D eigenvalue weighted by Gasteiger charge is 1.60. The molecule has 3 aromatic rings. The first-order valence-corrected chi connectivity index (χ1v) is 4.64. The van der Waals surface area contributed by atoms with E-state index in [4.69, 9.17) is 0 Å². The van der Waals surface area contributed by atoms with Gasteiger partial charge < -0.3 is 8.83 Å². The molecule has 2 aromatic heterocycles. The zero-order valence-electron chi connectivity index (χ0n) is 8.64. The molecule has 0 spiro atoms. The fourth-order valence-electron chi connectivity index (χ4n) is 0.736. The lowest BCUT2D eigenvalue weighted by molar-refractivity contribution is 0.557. The molecule has 4 nitrogen and oxygen atoms in total. The third kappa shape index (κ3) is 7.08. The molecule has 0 fully saturated rings. The van der Waals surface area contributed by atoms with Crippen LogP contribution in [0.1, 0.15) is 0 Å². The van der Waals surface area contributed by atoms with Crippen molar-refractivity contribution in [2.75, 3.05) is 0 Å². The third-order valence-electron chi connectivity index (χ3n) is 1.36. The number of rotatable bonds is 0. The van der Waals surface area contributed by atoms with Crippen LogP contribution in [-0.4, -0.2) is 9.97 Å². The van der Waals surface area contributed by atoms with E-state index >= 15 is 0 Å². The van der Waals surface area contributed by atoms with Gasteiger partial charge in [0.2, 0.25) is 0 Å². The van der Waals surface area contributed by atoms with E-state index in [9.17, 15) is 0 Å². The zero-order chi connectivity index (χ0) is 11.3. The molecule has 0 saturated carbocycles. The van der Waals surface area contributed by atoms with Crippen LogP contribution in [0.3, 0.4) is 0 Å². The maximum Gasteiger partial charge on any atom is 0.180 e. The van der Waals surface area contributed by atoms with Crippen LogP contribution in [0.25, 0.3) is 0 Å². The van der Waals surface area contributed by atoms with Crippen LogP contribution in [0.2, 0.25) is 0 Å². The van der Waals surface area contributed by atoms with Gasteiger partial charge in [-0.1, -0.05) is 36.4 Å². The van der Waals surface area contributed by atoms with Crippen LogP contribution in [-0.2, 0) is 0 Å². The van der Waals surface area contributed by atoms with E-state index in [1.165, 1.54) is 25.3 Å². The largest absolute Gasteiger partial charge is 0.452 e. The summed E-state index contributed by atoms with van der Waals surface area (Å²) in [6.45, 7) is 0. The SMILES string of the molecule is c1ccccc1.c1cocn1.c1cocn1. The van der Waals surface area contributed by atoms with Gasteiger partial charge in [0, 0.05) is 0 Å². The molecule has 0 unspecified atom stereocenters. The van der Waals surface area contributed by atoms with E-state index in [0.29, 0.717) is 0 Å². The maximum absolute atomic E-state index is 4.47. The van der Waals surface area contributed by atoms with Crippen molar-refractivity contribution in [3.63, 3.8) is 0 Å². The molecule has 82 valence electrons. The van der Waals surface area contributed by atoms with Crippen molar-refractivity contribution < 1.29 is 8.83 Å². The van der Waals surface area contributed by atoms with Gasteiger partial charge in [-0.25, -0.2) is 9.97 Å². The molecule has 0 saturated heterocycles. The highest BCUT2D eigenvalue weighted by molar-refractivity contribution is 4.99. The predicted octanol–water partition coefficient (Wildman–Crippen LogP) is 3.04. The van der Waals surface area contributed by atoms with Crippen LogP contribution in [0.4, 0.5) is 0 Å². The van der Waals surface area contributed by atoms with Crippen LogP contribution in [0.5, 0.6) is 0 Å². The standard InChI is InChI=1S/C6H6.2C3H3NO/c1-2-4-6-5-3-1;2*1-2-5-3-4-1/h1-6H;2*1-3H. The molecular formula is C12H12N2O2. The van der Waals surface area contributed by atoms with Crippen molar-refractivity contribution in [3.8, 4) is 0 Å². The van der Waals surface area contributed by atoms with Crippen LogP contribution in [0, 0.1) is 0 Å². The quantitative estimate of drug-likeness (QED) is 0.579. The molecule has 0 bridgehead atoms. The van der Waals surface area contributed by atoms with Gasteiger partial charge in [-0.15, -0.1) is 0 Å². The summed E-state index contributed by atoms with van der Waals surface area (Å²) in [7, 11) is 0. The van der Waals surface area contributed by atoms with Gasteiger partial charge in [0.05, 0.1) is 12.4 Å². The van der Waals surface area contributed by atoms with Crippen molar-refractivity contribution in [1.29, 1.82) is 0 Å². The molecule has 16 heavy (non-hydrogen) atoms. The Hall–Kier alpha value is -2.36. The van der Waals surface area contributed by atoms with E-state index in [0.717, 1.165) is 0 Å². The van der Waals surface area contributed by atoms with Crippen LogP contribution in [0.15, 0.2) is 82.9 Å². The lowest BCUT2D eigenvalue weighted by Gasteiger charge is -1.69. The fourth-order valence-corrected chi connectivity index (χ4v) is 0.736. The Balaban J connectivity index is 0.000000121. The molecule has 2 heterocycles. The Morgan fingerprint density at radius 2 is 0.938 bits per heavy atom. The first kappa shape index (κ1) is 11.7. The molecule has 3 rings (SSSR count). The minimum Gasteiger partial charge on any atom is -0.452 e. The minimum atomic E-state index is 1.38. The Labute approximate surface area is 93.6 Å². The van der Waals surface area contributed by atoms with Gasteiger partial charge >= 0.3 is 0 Å². The predicted molar refractivity (Wildman–Crippen MR) is 59.4 cm³/mol. The van der Waals surface area contributed by atoms with Gasteiger partial charge in [-0.3, -0.25) is 0 Å². The molecule has 0 aliphatic heterocycles. The minimum absolute atomic E-state index is 1.38. The van der Waals surface area contributed by atoms with Crippen LogP contribution >= 0.6 is 0 Å². The average molecular weight is 216 g/mol. The van der Waals surface area contributed by atoms with Crippen molar-refractivity contribution in [1.82, 2.24) is 9.97 Å². The van der Waals surface area contributed by atoms with Crippen molar-refractivity contribution in [2.45, 2.75) is 0 Å². The van der Waals surface area contributed by atoms with E-state index in [-0.39, 0.29) is 0 Å². The highest BCUT2D eigenvalue weighted by atomic mass is 16.3. The number of oxazole rings is 2. The van der Waals surface area contributed by atoms with Gasteiger partial charge in [-0.2, -0.15) is 0 Å². The van der Waals surface area contributed by atoms with Gasteiger partial charge in [0.1, 0.15) is 12.5 Å². The van der Waals surface area contributed by atoms with Crippen molar-refractivity contribution in [2.24, 2.45) is 0 Å². The summed E-state index contributed by atoms with van der Waals surface area (Å²) >= 11 is 0. The van der Waals surface area contributed by atoms with Gasteiger partial charge in [0.25, 0.3) is 0 Å². The zero-order valence-corrected chi connectivity index (χ0v) is 8.64. The summed E-state index contributed by atoms with van der Waals surface area (Å²) in [5.74, 6) is 0. The second-order valence-electron chi connectivity index (χ2n) is 2.51. The van der Waals surface area contributed by atoms with Gasteiger partial charge in [0.15, 0.2) is 12.8 Å². The first-order chi connectivity index (χ1) is 8.00. The topological polar surface area (TPSA) is 52.1 Å². The highest BCUT2D eigenvalue weighted by Crippen LogP contribution is 1.79. The summed E-state index contributed by atoms with van der Waals surface area (Å²) in [5, 5.41) is 0. The summed E-state index contributed by atoms with van der Waals surface area (Å²) in [4.78, 5) is 7.11. The van der Waals surface area contributed by atoms with E-state index < -0.39 is 0 Å². The van der Waals surface area contributed by atoms with Crippen molar-refractivity contribution in [3.05, 3.63) is 74.1 Å². The average Bonchev–Trinajstić information content (AvgIpc) is 3.10. The van der Waals surface area contributed by atoms with Crippen molar-refractivity contribution >= 4 is 0 Å². The molecule has 0 amide bonds. The molecule has 0 N–H and O–H groups in total. The number of benzene rings is 1. The molecule has 4 heteroatoms. The molecule has 0 radical (unpaired) electrons. The van der Waals surface area contributed by atoms with Crippen LogP contribution < -0.4 is 0 Å². The molecule has 0 aliphatic rings. The second kappa shape index (κ2) is 9.21. The molecular weight excluding hydrogens is 204 g/mol. The number of nitrogens with zero attached hydrogens (tertiary/aromatic N) is 2. The summed E-state index contributed by atoms with van der Waals surface area (Å²) in [5.41, 5.74) is 0. The Morgan fingerprint density at radius 1 is 0.562 bits per heavy atom. The van der Waals surface area contributed by atoms with E-state index in [1.807, 2.05) is 36.4 Å². The summed E-state index contributed by atoms with van der Waals surface area (Å²) in [6.07, 6.45) is 8.94. The fraction of sp³-hybridized carbons (Fsp3) is 0. The summed E-state index contributed by atoms with van der Waals surface area (Å²) < 4.78 is 8.94. The first-order valence-electron chi connectivity index (χ1n) is 4.64. The molecule has 0 aliphatic carbocycles. The Morgan fingerprint density at radius 3 is 1.06 bits per heavy atom. The van der Waals surface area contributed by atoms with Gasteiger partial charge in [-0.05, 0) is 0 Å². The lowest BCUT2D eigenvalue weighted by Crippen LogP contribution is -1.47. The Kier molecular flexibility index (Phi) is 6.74. The monoisotopic (exact) mass is 216 g/mol. The maximum atomic E-state index is 4.47. The number of hydrogen-bond acceptors (Lipinski definition) is 4. The summed E-state index contributed by atoms with van der Waals surface area (Å²) in [6, 6.07) is 12.0. The number of aromatic nitrogens is 2. The lowest BCUT2D eigenvalue weighted by atomic mass is 10.4.